The Morgan fingerprint density at radius 2 is 1.74 bits per heavy atom. The second-order valence-corrected chi connectivity index (χ2v) is 6.94. The quantitative estimate of drug-likeness (QED) is 0.789. The fraction of sp³-hybridized carbons (Fsp3) is 0.267. The van der Waals surface area contributed by atoms with Crippen molar-refractivity contribution in [3.05, 3.63) is 48.0 Å². The van der Waals surface area contributed by atoms with Gasteiger partial charge < -0.3 is 0 Å². The molecule has 0 fully saturated rings. The van der Waals surface area contributed by atoms with Crippen molar-refractivity contribution in [3.63, 3.8) is 0 Å². The van der Waals surface area contributed by atoms with E-state index in [2.05, 4.69) is 0 Å². The number of hydrogen-bond donors (Lipinski definition) is 0. The standard InChI is InChI=1S/C15H16O3S/c1-19(17,18)11-5-10-15(16)14-9-4-7-12-6-2-3-8-13(12)14/h2-4,6-9H,5,10-11H2,1H3. The number of hydrogen-bond acceptors (Lipinski definition) is 3. The molecular formula is C15H16O3S. The van der Waals surface area contributed by atoms with Gasteiger partial charge in [-0.25, -0.2) is 8.42 Å². The summed E-state index contributed by atoms with van der Waals surface area (Å²) in [7, 11) is -3.00. The maximum Gasteiger partial charge on any atom is 0.163 e. The van der Waals surface area contributed by atoms with Crippen molar-refractivity contribution in [2.45, 2.75) is 12.8 Å². The Morgan fingerprint density at radius 1 is 1.05 bits per heavy atom. The molecule has 2 rings (SSSR count). The fourth-order valence-electron chi connectivity index (χ4n) is 2.10. The first-order chi connectivity index (χ1) is 8.97. The van der Waals surface area contributed by atoms with Crippen molar-refractivity contribution < 1.29 is 13.2 Å². The largest absolute Gasteiger partial charge is 0.294 e. The van der Waals surface area contributed by atoms with E-state index >= 15 is 0 Å². The molecule has 0 aliphatic heterocycles. The summed E-state index contributed by atoms with van der Waals surface area (Å²) < 4.78 is 22.1. The minimum Gasteiger partial charge on any atom is -0.294 e. The fourth-order valence-corrected chi connectivity index (χ4v) is 2.77. The lowest BCUT2D eigenvalue weighted by Gasteiger charge is -2.05. The van der Waals surface area contributed by atoms with E-state index in [1.54, 1.807) is 6.07 Å². The molecule has 0 bridgehead atoms. The van der Waals surface area contributed by atoms with Crippen molar-refractivity contribution in [1.29, 1.82) is 0 Å². The van der Waals surface area contributed by atoms with Gasteiger partial charge in [-0.2, -0.15) is 0 Å². The van der Waals surface area contributed by atoms with Crippen LogP contribution >= 0.6 is 0 Å². The lowest BCUT2D eigenvalue weighted by Crippen LogP contribution is -2.07. The van der Waals surface area contributed by atoms with Crippen LogP contribution in [-0.4, -0.2) is 26.2 Å². The van der Waals surface area contributed by atoms with Crippen molar-refractivity contribution in [2.24, 2.45) is 0 Å². The smallest absolute Gasteiger partial charge is 0.163 e. The van der Waals surface area contributed by atoms with Crippen molar-refractivity contribution in [2.75, 3.05) is 12.0 Å². The average Bonchev–Trinajstić information content (AvgIpc) is 2.36. The van der Waals surface area contributed by atoms with Gasteiger partial charge in [0.1, 0.15) is 9.84 Å². The zero-order valence-corrected chi connectivity index (χ0v) is 11.6. The Kier molecular flexibility index (Phi) is 4.00. The zero-order chi connectivity index (χ0) is 13.9. The van der Waals surface area contributed by atoms with Crippen LogP contribution < -0.4 is 0 Å². The van der Waals surface area contributed by atoms with E-state index in [0.717, 1.165) is 10.8 Å². The van der Waals surface area contributed by atoms with Gasteiger partial charge in [-0.3, -0.25) is 4.79 Å². The minimum atomic E-state index is -3.00. The first-order valence-corrected chi connectivity index (χ1v) is 8.22. The molecule has 0 aliphatic rings. The molecule has 2 aromatic carbocycles. The monoisotopic (exact) mass is 276 g/mol. The van der Waals surface area contributed by atoms with Crippen LogP contribution in [0.15, 0.2) is 42.5 Å². The molecule has 0 aliphatic carbocycles. The molecule has 19 heavy (non-hydrogen) atoms. The van der Waals surface area contributed by atoms with E-state index in [-0.39, 0.29) is 18.0 Å². The lowest BCUT2D eigenvalue weighted by molar-refractivity contribution is 0.0983. The third kappa shape index (κ3) is 3.64. The van der Waals surface area contributed by atoms with Gasteiger partial charge in [-0.15, -0.1) is 0 Å². The summed E-state index contributed by atoms with van der Waals surface area (Å²) in [6.07, 6.45) is 1.83. The van der Waals surface area contributed by atoms with Crippen molar-refractivity contribution in [3.8, 4) is 0 Å². The highest BCUT2D eigenvalue weighted by Crippen LogP contribution is 2.20. The van der Waals surface area contributed by atoms with E-state index in [1.807, 2.05) is 36.4 Å². The van der Waals surface area contributed by atoms with Crippen LogP contribution in [0.2, 0.25) is 0 Å². The number of Topliss-reactive ketones (excluding diaryl/α,β-unsaturated/α-hetero) is 1. The van der Waals surface area contributed by atoms with Gasteiger partial charge in [0.2, 0.25) is 0 Å². The molecule has 0 saturated heterocycles. The van der Waals surface area contributed by atoms with Crippen LogP contribution in [0.5, 0.6) is 0 Å². The van der Waals surface area contributed by atoms with Crippen LogP contribution in [-0.2, 0) is 9.84 Å². The number of carbonyl (C=O) groups excluding carboxylic acids is 1. The highest BCUT2D eigenvalue weighted by atomic mass is 32.2. The molecule has 0 aromatic heterocycles. The van der Waals surface area contributed by atoms with Gasteiger partial charge in [0.15, 0.2) is 5.78 Å². The number of fused-ring (bicyclic) bond motifs is 1. The molecule has 0 saturated carbocycles. The van der Waals surface area contributed by atoms with Crippen LogP contribution in [0.4, 0.5) is 0 Å². The van der Waals surface area contributed by atoms with Gasteiger partial charge in [0.05, 0.1) is 5.75 Å². The summed E-state index contributed by atoms with van der Waals surface area (Å²) in [6, 6.07) is 13.3. The van der Waals surface area contributed by atoms with Crippen molar-refractivity contribution in [1.82, 2.24) is 0 Å². The summed E-state index contributed by atoms with van der Waals surface area (Å²) in [6.45, 7) is 0. The molecule has 0 spiro atoms. The molecule has 0 unspecified atom stereocenters. The van der Waals surface area contributed by atoms with Gasteiger partial charge >= 0.3 is 0 Å². The molecule has 0 amide bonds. The maximum absolute atomic E-state index is 12.1. The van der Waals surface area contributed by atoms with Gasteiger partial charge in [-0.05, 0) is 17.2 Å². The predicted octanol–water partition coefficient (Wildman–Crippen LogP) is 2.85. The molecule has 100 valence electrons. The summed E-state index contributed by atoms with van der Waals surface area (Å²) in [5.74, 6) is 0.0595. The first kappa shape index (κ1) is 13.7. The Bertz CT molecular complexity index is 697. The molecular weight excluding hydrogens is 260 g/mol. The van der Waals surface area contributed by atoms with Crippen LogP contribution in [0.25, 0.3) is 10.8 Å². The summed E-state index contributed by atoms with van der Waals surface area (Å²) >= 11 is 0. The van der Waals surface area contributed by atoms with E-state index in [9.17, 15) is 13.2 Å². The molecule has 0 atom stereocenters. The highest BCUT2D eigenvalue weighted by Gasteiger charge is 2.11. The lowest BCUT2D eigenvalue weighted by atomic mass is 9.99. The van der Waals surface area contributed by atoms with E-state index in [4.69, 9.17) is 0 Å². The van der Waals surface area contributed by atoms with E-state index < -0.39 is 9.84 Å². The van der Waals surface area contributed by atoms with Crippen LogP contribution in [0.1, 0.15) is 23.2 Å². The molecule has 0 radical (unpaired) electrons. The predicted molar refractivity (Wildman–Crippen MR) is 77.2 cm³/mol. The topological polar surface area (TPSA) is 51.2 Å². The summed E-state index contributed by atoms with van der Waals surface area (Å²) in [5.41, 5.74) is 0.673. The Balaban J connectivity index is 2.18. The second-order valence-electron chi connectivity index (χ2n) is 4.68. The molecule has 4 heteroatoms. The Morgan fingerprint density at radius 3 is 2.47 bits per heavy atom. The van der Waals surface area contributed by atoms with E-state index in [1.165, 1.54) is 6.26 Å². The van der Waals surface area contributed by atoms with Gasteiger partial charge in [0, 0.05) is 18.2 Å². The third-order valence-electron chi connectivity index (χ3n) is 3.01. The maximum atomic E-state index is 12.1. The van der Waals surface area contributed by atoms with Gasteiger partial charge in [0.25, 0.3) is 0 Å². The summed E-state index contributed by atoms with van der Waals surface area (Å²) in [5, 5.41) is 1.95. The zero-order valence-electron chi connectivity index (χ0n) is 10.8. The third-order valence-corrected chi connectivity index (χ3v) is 4.04. The minimum absolute atomic E-state index is 0.000417. The Hall–Kier alpha value is -1.68. The molecule has 3 nitrogen and oxygen atoms in total. The first-order valence-electron chi connectivity index (χ1n) is 6.16. The molecule has 0 N–H and O–H groups in total. The molecule has 0 heterocycles. The van der Waals surface area contributed by atoms with E-state index in [0.29, 0.717) is 12.0 Å². The van der Waals surface area contributed by atoms with Crippen LogP contribution in [0.3, 0.4) is 0 Å². The highest BCUT2D eigenvalue weighted by molar-refractivity contribution is 7.90. The van der Waals surface area contributed by atoms with Gasteiger partial charge in [-0.1, -0.05) is 42.5 Å². The number of ketones is 1. The SMILES string of the molecule is CS(=O)(=O)CCCC(=O)c1cccc2ccccc12. The second kappa shape index (κ2) is 5.53. The van der Waals surface area contributed by atoms with Crippen LogP contribution in [0, 0.1) is 0 Å². The average molecular weight is 276 g/mol. The van der Waals surface area contributed by atoms with Crippen molar-refractivity contribution >= 4 is 26.4 Å². The number of rotatable bonds is 5. The number of carbonyl (C=O) groups is 1. The number of sulfone groups is 1. The normalized spacial score (nSPS) is 11.6. The summed E-state index contributed by atoms with van der Waals surface area (Å²) in [4.78, 5) is 12.1. The Labute approximate surface area is 113 Å². The molecule has 2 aromatic rings. The number of benzene rings is 2.